The van der Waals surface area contributed by atoms with E-state index in [0.29, 0.717) is 0 Å². The van der Waals surface area contributed by atoms with Crippen molar-refractivity contribution < 1.29 is 0 Å². The third kappa shape index (κ3) is 1.74. The monoisotopic (exact) mass is 57.1 g/mol. The van der Waals surface area contributed by atoms with E-state index in [4.69, 9.17) is 0 Å². The molecular formula is C4H8. The second-order valence-corrected chi connectivity index (χ2v) is 0.697. The lowest BCUT2D eigenvalue weighted by Gasteiger charge is -1.57. The molecule has 24 valence electrons. The van der Waals surface area contributed by atoms with Crippen molar-refractivity contribution in [3.05, 3.63) is 12.7 Å². The summed E-state index contributed by atoms with van der Waals surface area (Å²) < 4.78 is 0. The van der Waals surface area contributed by atoms with E-state index < -0.39 is 0 Å². The van der Waals surface area contributed by atoms with Crippen LogP contribution in [0.15, 0.2) is 12.7 Å². The summed E-state index contributed by atoms with van der Waals surface area (Å²) >= 11 is 0. The first kappa shape index (κ1) is 3.74. The van der Waals surface area contributed by atoms with E-state index in [1.54, 1.807) is 0 Å². The summed E-state index contributed by atoms with van der Waals surface area (Å²) in [5.74, 6) is 0. The van der Waals surface area contributed by atoms with Crippen LogP contribution >= 0.6 is 0 Å². The molecule has 0 fully saturated rings. The second kappa shape index (κ2) is 2.74. The second-order valence-electron chi connectivity index (χ2n) is 0.697. The van der Waals surface area contributed by atoms with Crippen LogP contribution in [-0.4, -0.2) is 0 Å². The Morgan fingerprint density at radius 1 is 2.00 bits per heavy atom. The van der Waals surface area contributed by atoms with Crippen LogP contribution in [-0.2, 0) is 0 Å². The quantitative estimate of drug-likeness (QED) is 0.316. The molecule has 4 heavy (non-hydrogen) atoms. The molecule has 0 N–H and O–H groups in total. The van der Waals surface area contributed by atoms with Crippen molar-refractivity contribution in [1.82, 2.24) is 0 Å². The Morgan fingerprint density at radius 3 is 2.25 bits per heavy atom. The average Bonchev–Trinajstić information content (AvgIpc) is 1.37. The molecule has 0 aliphatic heterocycles. The van der Waals surface area contributed by atoms with Gasteiger partial charge in [0.1, 0.15) is 0 Å². The highest BCUT2D eigenvalue weighted by Gasteiger charge is 1.45. The summed E-state index contributed by atoms with van der Waals surface area (Å²) in [5, 5.41) is 0. The molecule has 0 aromatic heterocycles. The van der Waals surface area contributed by atoms with Crippen molar-refractivity contribution in [3.8, 4) is 0 Å². The van der Waals surface area contributed by atoms with Gasteiger partial charge < -0.3 is 0 Å². The van der Waals surface area contributed by atoms with Gasteiger partial charge in [0, 0.05) is 0 Å². The zero-order chi connectivity index (χ0) is 3.41. The first-order valence-electron chi connectivity index (χ1n) is 1.52. The summed E-state index contributed by atoms with van der Waals surface area (Å²) in [6.45, 7) is 5.54. The lowest BCUT2D eigenvalue weighted by Crippen LogP contribution is -1.36. The fraction of sp³-hybridized carbons (Fsp3) is 0.500. The SMILES string of the molecule is CCC=[13CH2]. The summed E-state index contributed by atoms with van der Waals surface area (Å²) in [7, 11) is 0. The minimum atomic E-state index is 1.08. The average molecular weight is 57.1 g/mol. The maximum atomic E-state index is 3.48. The molecule has 0 aromatic rings. The molecule has 0 aliphatic carbocycles. The van der Waals surface area contributed by atoms with Gasteiger partial charge in [0.2, 0.25) is 0 Å². The van der Waals surface area contributed by atoms with Gasteiger partial charge in [-0.1, -0.05) is 13.0 Å². The van der Waals surface area contributed by atoms with Gasteiger partial charge in [-0.05, 0) is 6.42 Å². The van der Waals surface area contributed by atoms with Crippen molar-refractivity contribution in [2.45, 2.75) is 13.3 Å². The molecule has 0 rings (SSSR count). The predicted octanol–water partition coefficient (Wildman–Crippen LogP) is 1.58. The minimum Gasteiger partial charge on any atom is -0.103 e. The van der Waals surface area contributed by atoms with Crippen LogP contribution in [0.1, 0.15) is 13.3 Å². The fourth-order valence-corrected chi connectivity index (χ4v) is 0. The summed E-state index contributed by atoms with van der Waals surface area (Å²) in [6, 6.07) is 0. The van der Waals surface area contributed by atoms with E-state index in [2.05, 4.69) is 13.5 Å². The molecule has 0 radical (unpaired) electrons. The van der Waals surface area contributed by atoms with Crippen molar-refractivity contribution in [1.29, 1.82) is 0 Å². The molecule has 0 aliphatic rings. The molecule has 0 spiro atoms. The van der Waals surface area contributed by atoms with Crippen LogP contribution < -0.4 is 0 Å². The Labute approximate surface area is 27.1 Å². The van der Waals surface area contributed by atoms with Gasteiger partial charge in [-0.2, -0.15) is 0 Å². The van der Waals surface area contributed by atoms with Crippen molar-refractivity contribution in [3.63, 3.8) is 0 Å². The van der Waals surface area contributed by atoms with Crippen LogP contribution in [0, 0.1) is 0 Å². The van der Waals surface area contributed by atoms with Crippen molar-refractivity contribution in [2.75, 3.05) is 0 Å². The van der Waals surface area contributed by atoms with Gasteiger partial charge in [0.15, 0.2) is 0 Å². The van der Waals surface area contributed by atoms with E-state index in [-0.39, 0.29) is 0 Å². The third-order valence-electron chi connectivity index (χ3n) is 0.289. The Bertz CT molecular complexity index is 14.0. The maximum Gasteiger partial charge on any atom is -0.0382 e. The first-order chi connectivity index (χ1) is 1.91. The minimum absolute atomic E-state index is 1.08. The fourth-order valence-electron chi connectivity index (χ4n) is 0. The molecule has 0 heterocycles. The summed E-state index contributed by atoms with van der Waals surface area (Å²) in [4.78, 5) is 0. The maximum absolute atomic E-state index is 3.48. The number of hydrogen-bond acceptors (Lipinski definition) is 0. The van der Waals surface area contributed by atoms with Crippen LogP contribution in [0.25, 0.3) is 0 Å². The Balaban J connectivity index is 2.30. The van der Waals surface area contributed by atoms with Gasteiger partial charge in [-0.15, -0.1) is 6.58 Å². The standard InChI is InChI=1S/C4H8/c1-3-4-2/h3H,1,4H2,2H3/i1+1. The topological polar surface area (TPSA) is 0 Å². The van der Waals surface area contributed by atoms with E-state index in [1.807, 2.05) is 6.08 Å². The molecule has 0 saturated carbocycles. The molecular weight excluding hydrogens is 49.0 g/mol. The number of rotatable bonds is 1. The largest absolute Gasteiger partial charge is 0.103 e. The molecule has 0 amide bonds. The number of hydrogen-bond donors (Lipinski definition) is 0. The first-order valence-corrected chi connectivity index (χ1v) is 1.52. The van der Waals surface area contributed by atoms with Gasteiger partial charge in [-0.25, -0.2) is 0 Å². The predicted molar refractivity (Wildman–Crippen MR) is 20.5 cm³/mol. The van der Waals surface area contributed by atoms with Crippen LogP contribution in [0.3, 0.4) is 0 Å². The van der Waals surface area contributed by atoms with Crippen LogP contribution in [0.2, 0.25) is 0 Å². The zero-order valence-electron chi connectivity index (χ0n) is 2.99. The third-order valence-corrected chi connectivity index (χ3v) is 0.289. The summed E-state index contributed by atoms with van der Waals surface area (Å²) in [6.07, 6.45) is 2.96. The molecule has 0 nitrogen and oxygen atoms in total. The molecule has 0 atom stereocenters. The van der Waals surface area contributed by atoms with Gasteiger partial charge in [0.25, 0.3) is 0 Å². The normalized spacial score (nSPS) is 6.25. The highest BCUT2D eigenvalue weighted by molar-refractivity contribution is 4.60. The number of allylic oxidation sites excluding steroid dienone is 1. The lowest BCUT2D eigenvalue weighted by atomic mass is 10.5. The molecule has 0 bridgehead atoms. The van der Waals surface area contributed by atoms with Crippen LogP contribution in [0.5, 0.6) is 0 Å². The molecule has 0 aromatic carbocycles. The zero-order valence-corrected chi connectivity index (χ0v) is 2.99. The molecule has 0 saturated heterocycles. The van der Waals surface area contributed by atoms with Crippen LogP contribution in [0.4, 0.5) is 0 Å². The highest BCUT2D eigenvalue weighted by atomic mass is 13.7. The van der Waals surface area contributed by atoms with Gasteiger partial charge in [0.05, 0.1) is 0 Å². The smallest absolute Gasteiger partial charge is 0.0382 e. The van der Waals surface area contributed by atoms with Crippen molar-refractivity contribution >= 4 is 0 Å². The van der Waals surface area contributed by atoms with E-state index in [1.165, 1.54) is 0 Å². The molecule has 0 heteroatoms. The molecule has 0 unspecified atom stereocenters. The van der Waals surface area contributed by atoms with Gasteiger partial charge in [-0.3, -0.25) is 0 Å². The Hall–Kier alpha value is -0.260. The highest BCUT2D eigenvalue weighted by Crippen LogP contribution is 1.66. The lowest BCUT2D eigenvalue weighted by molar-refractivity contribution is 1.23. The van der Waals surface area contributed by atoms with E-state index in [0.717, 1.165) is 6.42 Å². The van der Waals surface area contributed by atoms with Crippen molar-refractivity contribution in [2.24, 2.45) is 0 Å². The Kier molecular flexibility index (Phi) is 2.56. The van der Waals surface area contributed by atoms with E-state index in [9.17, 15) is 0 Å². The summed E-state index contributed by atoms with van der Waals surface area (Å²) in [5.41, 5.74) is 0. The Morgan fingerprint density at radius 2 is 2.25 bits per heavy atom. The van der Waals surface area contributed by atoms with Gasteiger partial charge >= 0.3 is 0 Å². The van der Waals surface area contributed by atoms with E-state index >= 15 is 0 Å².